The highest BCUT2D eigenvalue weighted by atomic mass is 35.5. The molecule has 8 nitrogen and oxygen atoms in total. The molecule has 6 atom stereocenters. The number of hydrogen-bond donors (Lipinski definition) is 0. The van der Waals surface area contributed by atoms with Crippen molar-refractivity contribution in [2.45, 2.75) is 69.9 Å². The molecule has 3 aliphatic rings. The third kappa shape index (κ3) is 3.48. The molecule has 0 N–H and O–H groups in total. The largest absolute Gasteiger partial charge is 0.356 e. The first-order chi connectivity index (χ1) is 15.8. The van der Waals surface area contributed by atoms with Crippen LogP contribution in [0.2, 0.25) is 5.02 Å². The van der Waals surface area contributed by atoms with E-state index in [4.69, 9.17) is 35.3 Å². The minimum absolute atomic E-state index is 0.335. The molecule has 5 heterocycles. The molecule has 9 heteroatoms. The quantitative estimate of drug-likeness (QED) is 0.569. The van der Waals surface area contributed by atoms with E-state index in [0.717, 1.165) is 27.9 Å². The molecule has 3 aliphatic heterocycles. The van der Waals surface area contributed by atoms with Crippen LogP contribution in [0, 0.1) is 6.92 Å². The van der Waals surface area contributed by atoms with Crippen molar-refractivity contribution in [1.29, 1.82) is 0 Å². The Morgan fingerprint density at radius 3 is 2.73 bits per heavy atom. The number of ether oxygens (including phenoxy) is 5. The number of rotatable bonds is 3. The van der Waals surface area contributed by atoms with Crippen LogP contribution in [0.25, 0.3) is 11.0 Å². The van der Waals surface area contributed by atoms with Crippen LogP contribution < -0.4 is 0 Å². The molecule has 0 bridgehead atoms. The third-order valence-corrected chi connectivity index (χ3v) is 6.94. The van der Waals surface area contributed by atoms with Gasteiger partial charge in [-0.15, -0.1) is 0 Å². The Balaban J connectivity index is 1.42. The fourth-order valence-electron chi connectivity index (χ4n) is 5.26. The topological polar surface area (TPSA) is 76.9 Å². The number of aryl methyl sites for hydroxylation is 1. The number of hydrogen-bond acceptors (Lipinski definition) is 7. The Hall–Kier alpha value is -2.07. The van der Waals surface area contributed by atoms with E-state index < -0.39 is 30.5 Å². The molecule has 174 valence electrons. The summed E-state index contributed by atoms with van der Waals surface area (Å²) in [6, 6.07) is 7.86. The van der Waals surface area contributed by atoms with Gasteiger partial charge in [0.2, 0.25) is 0 Å². The SMILES string of the molecule is COC1Cc2cc(Cl)ccc2[C@H](C2O[C@@H](n3ccc4c(C)ncnc43)[C@@H]3OC(C)(C)O[C@H]23)O1. The number of fused-ring (bicyclic) bond motifs is 3. The highest BCUT2D eigenvalue weighted by molar-refractivity contribution is 6.30. The van der Waals surface area contributed by atoms with E-state index in [0.29, 0.717) is 11.4 Å². The van der Waals surface area contributed by atoms with Crippen LogP contribution in [0.3, 0.4) is 0 Å². The first-order valence-corrected chi connectivity index (χ1v) is 11.5. The Morgan fingerprint density at radius 1 is 1.09 bits per heavy atom. The lowest BCUT2D eigenvalue weighted by molar-refractivity contribution is -0.237. The number of benzene rings is 1. The predicted octanol–water partition coefficient (Wildman–Crippen LogP) is 4.10. The number of methoxy groups -OCH3 is 1. The van der Waals surface area contributed by atoms with Crippen molar-refractivity contribution in [2.75, 3.05) is 7.11 Å². The Morgan fingerprint density at radius 2 is 1.91 bits per heavy atom. The van der Waals surface area contributed by atoms with E-state index in [1.165, 1.54) is 0 Å². The van der Waals surface area contributed by atoms with Gasteiger partial charge in [-0.05, 0) is 50.1 Å². The zero-order valence-corrected chi connectivity index (χ0v) is 19.7. The van der Waals surface area contributed by atoms with Gasteiger partial charge in [0, 0.05) is 30.1 Å². The summed E-state index contributed by atoms with van der Waals surface area (Å²) in [5.41, 5.74) is 3.83. The zero-order valence-electron chi connectivity index (χ0n) is 18.9. The van der Waals surface area contributed by atoms with Crippen LogP contribution in [0.4, 0.5) is 0 Å². The lowest BCUT2D eigenvalue weighted by Gasteiger charge is -2.36. The van der Waals surface area contributed by atoms with E-state index in [1.807, 2.05) is 55.8 Å². The molecule has 6 rings (SSSR count). The van der Waals surface area contributed by atoms with Crippen molar-refractivity contribution in [3.05, 3.63) is 58.6 Å². The molecule has 3 aromatic rings. The van der Waals surface area contributed by atoms with Gasteiger partial charge in [-0.25, -0.2) is 9.97 Å². The van der Waals surface area contributed by atoms with Gasteiger partial charge in [-0.3, -0.25) is 0 Å². The van der Waals surface area contributed by atoms with Gasteiger partial charge < -0.3 is 28.3 Å². The Bertz CT molecular complexity index is 1210. The van der Waals surface area contributed by atoms with E-state index in [9.17, 15) is 0 Å². The minimum atomic E-state index is -0.748. The van der Waals surface area contributed by atoms with Crippen LogP contribution in [0.15, 0.2) is 36.8 Å². The lowest BCUT2D eigenvalue weighted by atomic mass is 9.91. The van der Waals surface area contributed by atoms with Crippen molar-refractivity contribution in [2.24, 2.45) is 0 Å². The van der Waals surface area contributed by atoms with Gasteiger partial charge in [-0.2, -0.15) is 0 Å². The summed E-state index contributed by atoms with van der Waals surface area (Å²) in [7, 11) is 1.64. The monoisotopic (exact) mass is 471 g/mol. The normalized spacial score (nSPS) is 32.8. The number of aromatic nitrogens is 3. The van der Waals surface area contributed by atoms with Crippen LogP contribution in [0.5, 0.6) is 0 Å². The molecule has 2 unspecified atom stereocenters. The average molecular weight is 472 g/mol. The Kier molecular flexibility index (Phi) is 5.03. The summed E-state index contributed by atoms with van der Waals surface area (Å²) in [6.45, 7) is 5.82. The fraction of sp³-hybridized carbons (Fsp3) is 0.500. The molecular weight excluding hydrogens is 446 g/mol. The van der Waals surface area contributed by atoms with Crippen LogP contribution >= 0.6 is 11.6 Å². The molecule has 0 amide bonds. The summed E-state index contributed by atoms with van der Waals surface area (Å²) in [4.78, 5) is 8.82. The molecule has 0 saturated carbocycles. The van der Waals surface area contributed by atoms with Crippen LogP contribution in [0.1, 0.15) is 43.0 Å². The molecule has 0 spiro atoms. The number of halogens is 1. The second-order valence-corrected chi connectivity index (χ2v) is 9.68. The highest BCUT2D eigenvalue weighted by Crippen LogP contribution is 2.49. The molecule has 2 saturated heterocycles. The summed E-state index contributed by atoms with van der Waals surface area (Å²) in [5, 5.41) is 1.66. The van der Waals surface area contributed by atoms with Crippen molar-refractivity contribution >= 4 is 22.6 Å². The predicted molar refractivity (Wildman–Crippen MR) is 120 cm³/mol. The van der Waals surface area contributed by atoms with Gasteiger partial charge in [0.25, 0.3) is 0 Å². The molecule has 2 aromatic heterocycles. The van der Waals surface area contributed by atoms with Gasteiger partial charge in [0.05, 0.1) is 5.69 Å². The van der Waals surface area contributed by atoms with Crippen molar-refractivity contribution in [3.63, 3.8) is 0 Å². The fourth-order valence-corrected chi connectivity index (χ4v) is 5.46. The van der Waals surface area contributed by atoms with Crippen LogP contribution in [-0.4, -0.2) is 52.0 Å². The first kappa shape index (κ1) is 21.5. The maximum atomic E-state index is 6.67. The molecule has 1 aromatic carbocycles. The van der Waals surface area contributed by atoms with E-state index in [1.54, 1.807) is 13.4 Å². The van der Waals surface area contributed by atoms with Crippen molar-refractivity contribution < 1.29 is 23.7 Å². The summed E-state index contributed by atoms with van der Waals surface area (Å²) < 4.78 is 33.4. The molecule has 33 heavy (non-hydrogen) atoms. The molecule has 0 radical (unpaired) electrons. The smallest absolute Gasteiger partial charge is 0.164 e. The number of nitrogens with zero attached hydrogens (tertiary/aromatic N) is 3. The van der Waals surface area contributed by atoms with Gasteiger partial charge in [0.15, 0.2) is 18.3 Å². The third-order valence-electron chi connectivity index (χ3n) is 6.71. The maximum absolute atomic E-state index is 6.67. The van der Waals surface area contributed by atoms with Crippen molar-refractivity contribution in [1.82, 2.24) is 14.5 Å². The summed E-state index contributed by atoms with van der Waals surface area (Å²) in [5.74, 6) is -0.748. The molecular formula is C24H26ClN3O5. The second kappa shape index (κ2) is 7.73. The van der Waals surface area contributed by atoms with Gasteiger partial charge >= 0.3 is 0 Å². The first-order valence-electron chi connectivity index (χ1n) is 11.1. The molecule has 0 aliphatic carbocycles. The van der Waals surface area contributed by atoms with Crippen LogP contribution in [-0.2, 0) is 30.1 Å². The van der Waals surface area contributed by atoms with Gasteiger partial charge in [0.1, 0.15) is 36.4 Å². The van der Waals surface area contributed by atoms with Crippen molar-refractivity contribution in [3.8, 4) is 0 Å². The molecule has 2 fully saturated rings. The second-order valence-electron chi connectivity index (χ2n) is 9.24. The lowest BCUT2D eigenvalue weighted by Crippen LogP contribution is -2.40. The summed E-state index contributed by atoms with van der Waals surface area (Å²) >= 11 is 6.29. The minimum Gasteiger partial charge on any atom is -0.356 e. The van der Waals surface area contributed by atoms with E-state index in [2.05, 4.69) is 9.97 Å². The van der Waals surface area contributed by atoms with Gasteiger partial charge in [-0.1, -0.05) is 17.7 Å². The van der Waals surface area contributed by atoms with E-state index in [-0.39, 0.29) is 12.2 Å². The zero-order chi connectivity index (χ0) is 22.9. The highest BCUT2D eigenvalue weighted by Gasteiger charge is 2.59. The summed E-state index contributed by atoms with van der Waals surface area (Å²) in [6.07, 6.45) is 1.84. The standard InChI is InChI=1S/C24H26ClN3O5/c1-12-15-7-8-28(22(15)27-11-26-12)23-21-20(32-24(2,3)33-21)19(31-23)18-16-6-5-14(25)9-13(16)10-17(29-4)30-18/h5-9,11,17-21,23H,10H2,1-4H3/t17?,18-,19?,20-,21-,23-/m1/s1. The average Bonchev–Trinajstić information content (AvgIpc) is 3.44. The maximum Gasteiger partial charge on any atom is 0.164 e. The van der Waals surface area contributed by atoms with E-state index >= 15 is 0 Å². The Labute approximate surface area is 196 Å².